The Morgan fingerprint density at radius 1 is 0.714 bits per heavy atom. The lowest BCUT2D eigenvalue weighted by molar-refractivity contribution is 0.631. The summed E-state index contributed by atoms with van der Waals surface area (Å²) in [4.78, 5) is 8.93. The van der Waals surface area contributed by atoms with Gasteiger partial charge in [-0.1, -0.05) is 18.2 Å². The van der Waals surface area contributed by atoms with Crippen LogP contribution >= 0.6 is 0 Å². The summed E-state index contributed by atoms with van der Waals surface area (Å²) in [5, 5.41) is 2.09. The van der Waals surface area contributed by atoms with Gasteiger partial charge in [0.05, 0.1) is 16.7 Å². The van der Waals surface area contributed by atoms with Gasteiger partial charge < -0.3 is 0 Å². The highest BCUT2D eigenvalue weighted by Gasteiger charge is 2.08. The Bertz CT molecular complexity index is 963. The van der Waals surface area contributed by atoms with E-state index in [2.05, 4.69) is 9.97 Å². The topological polar surface area (TPSA) is 25.8 Å². The molecular weight excluding hydrogens is 263 g/mol. The molecule has 0 bridgehead atoms. The average molecular weight is 274 g/mol. The van der Waals surface area contributed by atoms with Crippen LogP contribution in [0.1, 0.15) is 0 Å². The van der Waals surface area contributed by atoms with Crippen LogP contribution in [0, 0.1) is 5.82 Å². The Morgan fingerprint density at radius 3 is 2.43 bits per heavy atom. The number of aromatic nitrogens is 2. The van der Waals surface area contributed by atoms with Crippen molar-refractivity contribution >= 4 is 21.8 Å². The van der Waals surface area contributed by atoms with Crippen molar-refractivity contribution in [3.63, 3.8) is 0 Å². The maximum absolute atomic E-state index is 13.9. The molecule has 3 heteroatoms. The van der Waals surface area contributed by atoms with Crippen molar-refractivity contribution in [3.05, 3.63) is 72.7 Å². The van der Waals surface area contributed by atoms with Gasteiger partial charge in [-0.3, -0.25) is 4.98 Å². The van der Waals surface area contributed by atoms with Crippen LogP contribution in [-0.4, -0.2) is 9.97 Å². The van der Waals surface area contributed by atoms with Crippen LogP contribution in [0.5, 0.6) is 0 Å². The molecule has 0 spiro atoms. The summed E-state index contributed by atoms with van der Waals surface area (Å²) < 4.78 is 13.9. The fraction of sp³-hybridized carbons (Fsp3) is 0. The summed E-state index contributed by atoms with van der Waals surface area (Å²) in [7, 11) is 0. The largest absolute Gasteiger partial charge is 0.256 e. The standard InChI is InChI=1S/C18H11FN2/c19-15-6-2-1-4-14(15)18-8-7-13-12-5-3-11-20-16(12)9-10-17(13)21-18/h1-11H. The quantitative estimate of drug-likeness (QED) is 0.474. The normalized spacial score (nSPS) is 11.1. The molecule has 0 aliphatic rings. The zero-order valence-electron chi connectivity index (χ0n) is 11.1. The van der Waals surface area contributed by atoms with E-state index in [-0.39, 0.29) is 5.82 Å². The van der Waals surface area contributed by atoms with Crippen LogP contribution < -0.4 is 0 Å². The third kappa shape index (κ3) is 1.94. The predicted octanol–water partition coefficient (Wildman–Crippen LogP) is 4.59. The van der Waals surface area contributed by atoms with E-state index < -0.39 is 0 Å². The fourth-order valence-corrected chi connectivity index (χ4v) is 2.58. The second kappa shape index (κ2) is 4.63. The smallest absolute Gasteiger partial charge is 0.132 e. The van der Waals surface area contributed by atoms with Crippen molar-refractivity contribution in [2.75, 3.05) is 0 Å². The van der Waals surface area contributed by atoms with E-state index >= 15 is 0 Å². The highest BCUT2D eigenvalue weighted by molar-refractivity contribution is 6.05. The molecule has 0 unspecified atom stereocenters. The first-order valence-corrected chi connectivity index (χ1v) is 6.72. The van der Waals surface area contributed by atoms with Crippen LogP contribution in [0.4, 0.5) is 4.39 Å². The number of pyridine rings is 2. The molecule has 0 radical (unpaired) electrons. The van der Waals surface area contributed by atoms with Crippen molar-refractivity contribution in [3.8, 4) is 11.3 Å². The number of rotatable bonds is 1. The number of hydrogen-bond donors (Lipinski definition) is 0. The number of benzene rings is 2. The zero-order chi connectivity index (χ0) is 14.2. The van der Waals surface area contributed by atoms with E-state index in [0.29, 0.717) is 11.3 Å². The third-order valence-corrected chi connectivity index (χ3v) is 3.60. The molecule has 0 atom stereocenters. The molecule has 0 fully saturated rings. The Balaban J connectivity index is 1.99. The van der Waals surface area contributed by atoms with Crippen molar-refractivity contribution in [2.24, 2.45) is 0 Å². The number of hydrogen-bond acceptors (Lipinski definition) is 2. The predicted molar refractivity (Wildman–Crippen MR) is 82.4 cm³/mol. The van der Waals surface area contributed by atoms with Gasteiger partial charge in [0.2, 0.25) is 0 Å². The monoisotopic (exact) mass is 274 g/mol. The molecule has 4 aromatic rings. The Hall–Kier alpha value is -2.81. The van der Waals surface area contributed by atoms with Crippen molar-refractivity contribution in [1.29, 1.82) is 0 Å². The lowest BCUT2D eigenvalue weighted by Crippen LogP contribution is -1.89. The molecule has 2 aromatic carbocycles. The van der Waals surface area contributed by atoms with Gasteiger partial charge in [-0.2, -0.15) is 0 Å². The first-order chi connectivity index (χ1) is 10.3. The van der Waals surface area contributed by atoms with Crippen LogP contribution in [-0.2, 0) is 0 Å². The summed E-state index contributed by atoms with van der Waals surface area (Å²) in [5.74, 6) is -0.258. The average Bonchev–Trinajstić information content (AvgIpc) is 2.54. The molecule has 0 saturated carbocycles. The van der Waals surface area contributed by atoms with Crippen molar-refractivity contribution in [2.45, 2.75) is 0 Å². The Labute approximate surface area is 120 Å². The lowest BCUT2D eigenvalue weighted by Gasteiger charge is -2.06. The number of fused-ring (bicyclic) bond motifs is 3. The first-order valence-electron chi connectivity index (χ1n) is 6.72. The molecule has 2 heterocycles. The van der Waals surface area contributed by atoms with Gasteiger partial charge in [0.1, 0.15) is 5.82 Å². The molecule has 0 aliphatic carbocycles. The van der Waals surface area contributed by atoms with E-state index in [1.807, 2.05) is 42.5 Å². The molecule has 0 saturated heterocycles. The molecule has 0 N–H and O–H groups in total. The van der Waals surface area contributed by atoms with Gasteiger partial charge in [-0.15, -0.1) is 0 Å². The summed E-state index contributed by atoms with van der Waals surface area (Å²) in [6, 6.07) is 18.3. The maximum atomic E-state index is 13.9. The maximum Gasteiger partial charge on any atom is 0.132 e. The number of nitrogens with zero attached hydrogens (tertiary/aromatic N) is 2. The van der Waals surface area contributed by atoms with E-state index in [1.54, 1.807) is 18.3 Å². The molecule has 0 amide bonds. The highest BCUT2D eigenvalue weighted by Crippen LogP contribution is 2.27. The van der Waals surface area contributed by atoms with Gasteiger partial charge in [0.25, 0.3) is 0 Å². The molecule has 21 heavy (non-hydrogen) atoms. The minimum absolute atomic E-state index is 0.258. The van der Waals surface area contributed by atoms with Gasteiger partial charge in [-0.25, -0.2) is 9.37 Å². The van der Waals surface area contributed by atoms with Crippen LogP contribution in [0.3, 0.4) is 0 Å². The second-order valence-corrected chi connectivity index (χ2v) is 4.88. The molecule has 0 aliphatic heterocycles. The molecular formula is C18H11FN2. The zero-order valence-corrected chi connectivity index (χ0v) is 11.1. The summed E-state index contributed by atoms with van der Waals surface area (Å²) in [6.07, 6.45) is 1.77. The summed E-state index contributed by atoms with van der Waals surface area (Å²) in [6.45, 7) is 0. The second-order valence-electron chi connectivity index (χ2n) is 4.88. The SMILES string of the molecule is Fc1ccccc1-c1ccc2c(ccc3ncccc32)n1. The Morgan fingerprint density at radius 2 is 1.52 bits per heavy atom. The van der Waals surface area contributed by atoms with Crippen molar-refractivity contribution in [1.82, 2.24) is 9.97 Å². The first kappa shape index (κ1) is 12.0. The van der Waals surface area contributed by atoms with Crippen molar-refractivity contribution < 1.29 is 4.39 Å². The lowest BCUT2D eigenvalue weighted by atomic mass is 10.1. The number of halogens is 1. The molecule has 100 valence electrons. The fourth-order valence-electron chi connectivity index (χ4n) is 2.58. The van der Waals surface area contributed by atoms with E-state index in [0.717, 1.165) is 21.8 Å². The van der Waals surface area contributed by atoms with E-state index in [1.165, 1.54) is 6.07 Å². The molecule has 2 nitrogen and oxygen atoms in total. The van der Waals surface area contributed by atoms with Gasteiger partial charge >= 0.3 is 0 Å². The van der Waals surface area contributed by atoms with Gasteiger partial charge in [0.15, 0.2) is 0 Å². The Kier molecular flexibility index (Phi) is 2.64. The third-order valence-electron chi connectivity index (χ3n) is 3.60. The van der Waals surface area contributed by atoms with Gasteiger partial charge in [-0.05, 0) is 42.5 Å². The summed E-state index contributed by atoms with van der Waals surface area (Å²) >= 11 is 0. The van der Waals surface area contributed by atoms with E-state index in [4.69, 9.17) is 0 Å². The minimum atomic E-state index is -0.258. The molecule has 2 aromatic heterocycles. The van der Waals surface area contributed by atoms with Gasteiger partial charge in [0, 0.05) is 22.5 Å². The minimum Gasteiger partial charge on any atom is -0.256 e. The van der Waals surface area contributed by atoms with E-state index in [9.17, 15) is 4.39 Å². The summed E-state index contributed by atoms with van der Waals surface area (Å²) in [5.41, 5.74) is 2.94. The van der Waals surface area contributed by atoms with Crippen LogP contribution in [0.15, 0.2) is 66.9 Å². The van der Waals surface area contributed by atoms with Crippen LogP contribution in [0.2, 0.25) is 0 Å². The highest BCUT2D eigenvalue weighted by atomic mass is 19.1. The van der Waals surface area contributed by atoms with Crippen LogP contribution in [0.25, 0.3) is 33.1 Å². The molecule has 4 rings (SSSR count).